The molecule has 25 heavy (non-hydrogen) atoms. The molecule has 1 aliphatic rings. The predicted octanol–water partition coefficient (Wildman–Crippen LogP) is 2.74. The highest BCUT2D eigenvalue weighted by atomic mass is 32.2. The lowest BCUT2D eigenvalue weighted by Gasteiger charge is -2.20. The zero-order valence-electron chi connectivity index (χ0n) is 14.0. The Morgan fingerprint density at radius 2 is 1.80 bits per heavy atom. The summed E-state index contributed by atoms with van der Waals surface area (Å²) < 4.78 is 28.6. The summed E-state index contributed by atoms with van der Waals surface area (Å²) in [5, 5.41) is 2.92. The summed E-state index contributed by atoms with van der Waals surface area (Å²) in [5.74, 6) is 0.567. The third-order valence-corrected chi connectivity index (χ3v) is 5.21. The second-order valence-electron chi connectivity index (χ2n) is 6.03. The Kier molecular flexibility index (Phi) is 4.63. The summed E-state index contributed by atoms with van der Waals surface area (Å²) in [6, 6.07) is 13.8. The number of hydrogen-bond donors (Lipinski definition) is 1. The fraction of sp³-hybridized carbons (Fsp3) is 0.211. The molecule has 0 fully saturated rings. The molecule has 5 nitrogen and oxygen atoms in total. The number of hydrogen-bond acceptors (Lipinski definition) is 4. The van der Waals surface area contributed by atoms with Crippen LogP contribution in [-0.4, -0.2) is 27.2 Å². The first-order chi connectivity index (χ1) is 11.8. The minimum atomic E-state index is -3.23. The van der Waals surface area contributed by atoms with Crippen molar-refractivity contribution >= 4 is 21.8 Å². The lowest BCUT2D eigenvalue weighted by atomic mass is 10.1. The molecule has 0 saturated heterocycles. The zero-order valence-corrected chi connectivity index (χ0v) is 14.8. The molecular weight excluding hydrogens is 338 g/mol. The van der Waals surface area contributed by atoms with Gasteiger partial charge in [-0.2, -0.15) is 0 Å². The smallest absolute Gasteiger partial charge is 0.251 e. The zero-order chi connectivity index (χ0) is 18.0. The largest absolute Gasteiger partial charge is 0.488 e. The van der Waals surface area contributed by atoms with Crippen LogP contribution in [-0.2, 0) is 14.6 Å². The first kappa shape index (κ1) is 17.2. The van der Waals surface area contributed by atoms with Crippen molar-refractivity contribution in [1.82, 2.24) is 5.32 Å². The van der Waals surface area contributed by atoms with Crippen LogP contribution in [0.25, 0.3) is 6.08 Å². The first-order valence-corrected chi connectivity index (χ1v) is 9.77. The second-order valence-corrected chi connectivity index (χ2v) is 8.05. The van der Waals surface area contributed by atoms with Gasteiger partial charge in [0.15, 0.2) is 9.84 Å². The molecule has 0 aliphatic carbocycles. The van der Waals surface area contributed by atoms with Crippen LogP contribution in [0.15, 0.2) is 59.0 Å². The van der Waals surface area contributed by atoms with Crippen molar-refractivity contribution in [2.75, 3.05) is 12.9 Å². The SMILES string of the molecule is C[C@@H](NC(=O)C1=Cc2ccccc2OC1)c1ccc(S(C)(=O)=O)cc1. The van der Waals surface area contributed by atoms with E-state index in [0.29, 0.717) is 5.57 Å². The molecule has 1 atom stereocenters. The van der Waals surface area contributed by atoms with Gasteiger partial charge in [0.1, 0.15) is 12.4 Å². The molecule has 0 aromatic heterocycles. The van der Waals surface area contributed by atoms with Crippen LogP contribution in [0.4, 0.5) is 0 Å². The molecule has 130 valence electrons. The maximum absolute atomic E-state index is 12.5. The van der Waals surface area contributed by atoms with Gasteiger partial charge in [-0.05, 0) is 36.8 Å². The summed E-state index contributed by atoms with van der Waals surface area (Å²) in [4.78, 5) is 12.7. The van der Waals surface area contributed by atoms with Gasteiger partial charge < -0.3 is 10.1 Å². The van der Waals surface area contributed by atoms with Crippen molar-refractivity contribution in [1.29, 1.82) is 0 Å². The van der Waals surface area contributed by atoms with E-state index in [0.717, 1.165) is 16.9 Å². The molecule has 0 spiro atoms. The fourth-order valence-corrected chi connectivity index (χ4v) is 3.25. The number of sulfone groups is 1. The Morgan fingerprint density at radius 3 is 2.48 bits per heavy atom. The van der Waals surface area contributed by atoms with E-state index in [1.165, 1.54) is 6.26 Å². The molecule has 1 aliphatic heterocycles. The van der Waals surface area contributed by atoms with E-state index in [1.807, 2.05) is 37.3 Å². The van der Waals surface area contributed by atoms with Gasteiger partial charge in [0.05, 0.1) is 16.5 Å². The van der Waals surface area contributed by atoms with Crippen LogP contribution in [0.3, 0.4) is 0 Å². The van der Waals surface area contributed by atoms with Gasteiger partial charge in [0.25, 0.3) is 5.91 Å². The van der Waals surface area contributed by atoms with Crippen molar-refractivity contribution in [2.24, 2.45) is 0 Å². The van der Waals surface area contributed by atoms with Gasteiger partial charge in [-0.3, -0.25) is 4.79 Å². The quantitative estimate of drug-likeness (QED) is 0.913. The number of benzene rings is 2. The number of carbonyl (C=O) groups excluding carboxylic acids is 1. The highest BCUT2D eigenvalue weighted by molar-refractivity contribution is 7.90. The normalized spacial score (nSPS) is 14.7. The average molecular weight is 357 g/mol. The Morgan fingerprint density at radius 1 is 1.12 bits per heavy atom. The molecule has 0 radical (unpaired) electrons. The van der Waals surface area contributed by atoms with Crippen LogP contribution >= 0.6 is 0 Å². The van der Waals surface area contributed by atoms with Gasteiger partial charge in [-0.15, -0.1) is 0 Å². The minimum absolute atomic E-state index is 0.200. The third-order valence-electron chi connectivity index (χ3n) is 4.08. The summed E-state index contributed by atoms with van der Waals surface area (Å²) >= 11 is 0. The number of amides is 1. The molecule has 2 aromatic carbocycles. The number of fused-ring (bicyclic) bond motifs is 1. The molecule has 0 saturated carbocycles. The number of ether oxygens (including phenoxy) is 1. The van der Waals surface area contributed by atoms with Crippen LogP contribution < -0.4 is 10.1 Å². The number of carbonyl (C=O) groups is 1. The van der Waals surface area contributed by atoms with Gasteiger partial charge in [-0.25, -0.2) is 8.42 Å². The Labute approximate surface area is 147 Å². The van der Waals surface area contributed by atoms with Crippen molar-refractivity contribution in [3.05, 3.63) is 65.2 Å². The minimum Gasteiger partial charge on any atom is -0.488 e. The molecule has 0 unspecified atom stereocenters. The van der Waals surface area contributed by atoms with Crippen molar-refractivity contribution in [2.45, 2.75) is 17.9 Å². The molecule has 3 rings (SSSR count). The maximum atomic E-state index is 12.5. The van der Waals surface area contributed by atoms with Crippen molar-refractivity contribution < 1.29 is 17.9 Å². The Bertz CT molecular complexity index is 930. The number of nitrogens with one attached hydrogen (secondary N) is 1. The van der Waals surface area contributed by atoms with Crippen LogP contribution in [0.5, 0.6) is 5.75 Å². The standard InChI is InChI=1S/C19H19NO4S/c1-13(14-7-9-17(10-8-14)25(2,22)23)20-19(21)16-11-15-5-3-4-6-18(15)24-12-16/h3-11,13H,12H2,1-2H3,(H,20,21)/t13-/m1/s1. The second kappa shape index (κ2) is 6.72. The van der Waals surface area contributed by atoms with Gasteiger partial charge in [-0.1, -0.05) is 30.3 Å². The predicted molar refractivity (Wildman–Crippen MR) is 96.0 cm³/mol. The summed E-state index contributed by atoms with van der Waals surface area (Å²) in [7, 11) is -3.23. The summed E-state index contributed by atoms with van der Waals surface area (Å²) in [6.07, 6.45) is 2.99. The molecule has 6 heteroatoms. The maximum Gasteiger partial charge on any atom is 0.251 e. The molecule has 2 aromatic rings. The van der Waals surface area contributed by atoms with Crippen molar-refractivity contribution in [3.63, 3.8) is 0 Å². The van der Waals surface area contributed by atoms with E-state index >= 15 is 0 Å². The van der Waals surface area contributed by atoms with Gasteiger partial charge in [0, 0.05) is 11.8 Å². The van der Waals surface area contributed by atoms with Crippen LogP contribution in [0.2, 0.25) is 0 Å². The first-order valence-electron chi connectivity index (χ1n) is 7.88. The highest BCUT2D eigenvalue weighted by Crippen LogP contribution is 2.26. The lowest BCUT2D eigenvalue weighted by Crippen LogP contribution is -2.30. The molecular formula is C19H19NO4S. The fourth-order valence-electron chi connectivity index (χ4n) is 2.62. The third kappa shape index (κ3) is 3.91. The highest BCUT2D eigenvalue weighted by Gasteiger charge is 2.19. The van der Waals surface area contributed by atoms with Crippen LogP contribution in [0, 0.1) is 0 Å². The summed E-state index contributed by atoms with van der Waals surface area (Å²) in [5.41, 5.74) is 2.26. The topological polar surface area (TPSA) is 72.5 Å². The van der Waals surface area contributed by atoms with Crippen molar-refractivity contribution in [3.8, 4) is 5.75 Å². The molecule has 0 bridgehead atoms. The van der Waals surface area contributed by atoms with E-state index in [2.05, 4.69) is 5.32 Å². The number of para-hydroxylation sites is 1. The Balaban J connectivity index is 1.72. The molecule has 1 N–H and O–H groups in total. The van der Waals surface area contributed by atoms with E-state index in [1.54, 1.807) is 24.3 Å². The lowest BCUT2D eigenvalue weighted by molar-refractivity contribution is -0.118. The van der Waals surface area contributed by atoms with E-state index < -0.39 is 9.84 Å². The Hall–Kier alpha value is -2.60. The van der Waals surface area contributed by atoms with E-state index in [9.17, 15) is 13.2 Å². The van der Waals surface area contributed by atoms with Gasteiger partial charge in [0.2, 0.25) is 0 Å². The monoisotopic (exact) mass is 357 g/mol. The van der Waals surface area contributed by atoms with Gasteiger partial charge >= 0.3 is 0 Å². The van der Waals surface area contributed by atoms with Crippen LogP contribution in [0.1, 0.15) is 24.1 Å². The number of rotatable bonds is 4. The summed E-state index contributed by atoms with van der Waals surface area (Å²) in [6.45, 7) is 2.08. The van der Waals surface area contributed by atoms with E-state index in [-0.39, 0.29) is 23.5 Å². The average Bonchev–Trinajstić information content (AvgIpc) is 2.60. The van der Waals surface area contributed by atoms with E-state index in [4.69, 9.17) is 4.74 Å². The molecule has 1 heterocycles. The molecule has 1 amide bonds.